The molecular weight excluding hydrogens is 288 g/mol. The quantitative estimate of drug-likeness (QED) is 0.585. The maximum atomic E-state index is 2.47. The van der Waals surface area contributed by atoms with Crippen LogP contribution in [0.15, 0.2) is 54.1 Å². The molecule has 0 radical (unpaired) electrons. The maximum absolute atomic E-state index is 2.47. The van der Waals surface area contributed by atoms with Gasteiger partial charge in [0.2, 0.25) is 0 Å². The summed E-state index contributed by atoms with van der Waals surface area (Å²) in [6, 6.07) is 18.6. The van der Waals surface area contributed by atoms with Gasteiger partial charge in [-0.15, -0.1) is 0 Å². The van der Waals surface area contributed by atoms with Crippen LogP contribution in [-0.4, -0.2) is 0 Å². The average molecular weight is 312 g/mol. The number of hydrogen-bond acceptors (Lipinski definition) is 0. The maximum Gasteiger partial charge on any atom is 0.00273 e. The average Bonchev–Trinajstić information content (AvgIpc) is 2.97. The van der Waals surface area contributed by atoms with Gasteiger partial charge in [-0.2, -0.15) is 0 Å². The minimum absolute atomic E-state index is 0.457. The standard InChI is InChI=1S/C24H24/c1-3-9-20-16(6-1)12-19-15-24-11-5-8-18(23(24)14-21(19)20)13-17-7-2-4-10-22(17)24/h1-4,6-7,9-10,18,23H,5,8,11-15H2. The van der Waals surface area contributed by atoms with E-state index in [2.05, 4.69) is 48.5 Å². The van der Waals surface area contributed by atoms with E-state index in [1.165, 1.54) is 44.9 Å². The Labute approximate surface area is 144 Å². The summed E-state index contributed by atoms with van der Waals surface area (Å²) in [7, 11) is 0. The van der Waals surface area contributed by atoms with Crippen molar-refractivity contribution in [2.75, 3.05) is 0 Å². The van der Waals surface area contributed by atoms with Crippen LogP contribution in [0.5, 0.6) is 0 Å². The fraction of sp³-hybridized carbons (Fsp3) is 0.417. The van der Waals surface area contributed by atoms with Crippen molar-refractivity contribution in [3.8, 4) is 0 Å². The predicted octanol–water partition coefficient (Wildman–Crippen LogP) is 5.70. The van der Waals surface area contributed by atoms with Crippen molar-refractivity contribution in [1.29, 1.82) is 0 Å². The molecule has 0 nitrogen and oxygen atoms in total. The molecule has 0 N–H and O–H groups in total. The van der Waals surface area contributed by atoms with Gasteiger partial charge < -0.3 is 0 Å². The van der Waals surface area contributed by atoms with Crippen molar-refractivity contribution >= 4 is 5.57 Å². The molecule has 3 atom stereocenters. The molecule has 24 heavy (non-hydrogen) atoms. The van der Waals surface area contributed by atoms with Gasteiger partial charge in [-0.25, -0.2) is 0 Å². The van der Waals surface area contributed by atoms with Crippen LogP contribution in [-0.2, 0) is 18.3 Å². The lowest BCUT2D eigenvalue weighted by Gasteiger charge is -2.56. The van der Waals surface area contributed by atoms with Crippen LogP contribution in [0, 0.1) is 11.8 Å². The molecule has 4 aliphatic carbocycles. The van der Waals surface area contributed by atoms with E-state index in [0.717, 1.165) is 11.8 Å². The summed E-state index contributed by atoms with van der Waals surface area (Å²) in [6.07, 6.45) is 9.51. The molecule has 0 saturated heterocycles. The van der Waals surface area contributed by atoms with E-state index in [9.17, 15) is 0 Å². The number of hydrogen-bond donors (Lipinski definition) is 0. The van der Waals surface area contributed by atoms with Gasteiger partial charge in [-0.1, -0.05) is 60.5 Å². The van der Waals surface area contributed by atoms with Crippen LogP contribution in [0.2, 0.25) is 0 Å². The first-order valence-corrected chi connectivity index (χ1v) is 9.73. The third-order valence-electron chi connectivity index (χ3n) is 7.64. The third kappa shape index (κ3) is 1.60. The number of allylic oxidation sites excluding steroid dienone is 2. The van der Waals surface area contributed by atoms with E-state index in [4.69, 9.17) is 0 Å². The molecule has 0 heteroatoms. The molecule has 2 bridgehead atoms. The normalized spacial score (nSPS) is 32.7. The number of fused-ring (bicyclic) bond motifs is 3. The van der Waals surface area contributed by atoms with Gasteiger partial charge in [-0.3, -0.25) is 0 Å². The number of benzene rings is 2. The lowest BCUT2D eigenvalue weighted by Crippen LogP contribution is -2.49. The Hall–Kier alpha value is -1.82. The van der Waals surface area contributed by atoms with Crippen LogP contribution in [0.4, 0.5) is 0 Å². The van der Waals surface area contributed by atoms with E-state index in [-0.39, 0.29) is 0 Å². The highest BCUT2D eigenvalue weighted by Gasteiger charge is 2.53. The van der Waals surface area contributed by atoms with E-state index >= 15 is 0 Å². The Morgan fingerprint density at radius 2 is 1.71 bits per heavy atom. The lowest BCUT2D eigenvalue weighted by atomic mass is 9.48. The van der Waals surface area contributed by atoms with Crippen molar-refractivity contribution < 1.29 is 0 Å². The van der Waals surface area contributed by atoms with Crippen molar-refractivity contribution in [2.45, 2.75) is 50.4 Å². The molecular formula is C24H24. The third-order valence-corrected chi connectivity index (χ3v) is 7.64. The van der Waals surface area contributed by atoms with Gasteiger partial charge in [0, 0.05) is 5.41 Å². The van der Waals surface area contributed by atoms with E-state index in [1.807, 2.05) is 0 Å². The molecule has 2 aromatic rings. The van der Waals surface area contributed by atoms with E-state index < -0.39 is 0 Å². The van der Waals surface area contributed by atoms with Gasteiger partial charge in [0.05, 0.1) is 0 Å². The van der Waals surface area contributed by atoms with Crippen molar-refractivity contribution in [1.82, 2.24) is 0 Å². The molecule has 0 spiro atoms. The highest BCUT2D eigenvalue weighted by molar-refractivity contribution is 5.78. The molecule has 0 aliphatic heterocycles. The van der Waals surface area contributed by atoms with E-state index in [1.54, 1.807) is 33.4 Å². The second-order valence-electron chi connectivity index (χ2n) is 8.57. The summed E-state index contributed by atoms with van der Waals surface area (Å²) in [5, 5.41) is 0. The largest absolute Gasteiger partial charge is 0.0620 e. The molecule has 6 rings (SSSR count). The minimum Gasteiger partial charge on any atom is -0.0620 e. The molecule has 0 aromatic heterocycles. The van der Waals surface area contributed by atoms with Gasteiger partial charge in [-0.05, 0) is 78.2 Å². The van der Waals surface area contributed by atoms with Gasteiger partial charge in [0.15, 0.2) is 0 Å². The highest BCUT2D eigenvalue weighted by atomic mass is 14.6. The molecule has 0 heterocycles. The monoisotopic (exact) mass is 312 g/mol. The predicted molar refractivity (Wildman–Crippen MR) is 99.0 cm³/mol. The van der Waals surface area contributed by atoms with Crippen molar-refractivity contribution in [3.05, 3.63) is 76.4 Å². The van der Waals surface area contributed by atoms with E-state index in [0.29, 0.717) is 5.41 Å². The SMILES string of the molecule is c1ccc2c(c1)CC1=C2CC2C3CCCC2(C1)c1ccccc1C3. The summed E-state index contributed by atoms with van der Waals surface area (Å²) < 4.78 is 0. The molecule has 4 aliphatic rings. The van der Waals surface area contributed by atoms with Crippen LogP contribution in [0.25, 0.3) is 5.57 Å². The molecule has 1 fully saturated rings. The number of rotatable bonds is 0. The molecule has 2 aromatic carbocycles. The second-order valence-corrected chi connectivity index (χ2v) is 8.57. The van der Waals surface area contributed by atoms with Crippen molar-refractivity contribution in [3.63, 3.8) is 0 Å². The van der Waals surface area contributed by atoms with Gasteiger partial charge in [0.1, 0.15) is 0 Å². The van der Waals surface area contributed by atoms with Gasteiger partial charge >= 0.3 is 0 Å². The van der Waals surface area contributed by atoms with Crippen molar-refractivity contribution in [2.24, 2.45) is 11.8 Å². The van der Waals surface area contributed by atoms with Gasteiger partial charge in [0.25, 0.3) is 0 Å². The Morgan fingerprint density at radius 1 is 0.875 bits per heavy atom. The fourth-order valence-corrected chi connectivity index (χ4v) is 6.76. The highest BCUT2D eigenvalue weighted by Crippen LogP contribution is 2.62. The first kappa shape index (κ1) is 13.5. The zero-order valence-electron chi connectivity index (χ0n) is 14.2. The van der Waals surface area contributed by atoms with Crippen LogP contribution in [0.3, 0.4) is 0 Å². The van der Waals surface area contributed by atoms with Crippen LogP contribution >= 0.6 is 0 Å². The topological polar surface area (TPSA) is 0 Å². The Balaban J connectivity index is 1.54. The molecule has 3 unspecified atom stereocenters. The van der Waals surface area contributed by atoms with Crippen LogP contribution < -0.4 is 0 Å². The summed E-state index contributed by atoms with van der Waals surface area (Å²) >= 11 is 0. The molecule has 120 valence electrons. The summed E-state index contributed by atoms with van der Waals surface area (Å²) in [5.41, 5.74) is 10.5. The second kappa shape index (κ2) is 4.63. The molecule has 0 amide bonds. The fourth-order valence-electron chi connectivity index (χ4n) is 6.76. The summed E-state index contributed by atoms with van der Waals surface area (Å²) in [4.78, 5) is 0. The van der Waals surface area contributed by atoms with Crippen LogP contribution in [0.1, 0.15) is 54.4 Å². The smallest absolute Gasteiger partial charge is 0.00273 e. The minimum atomic E-state index is 0.457. The summed E-state index contributed by atoms with van der Waals surface area (Å²) in [5.74, 6) is 1.79. The first-order valence-electron chi connectivity index (χ1n) is 9.73. The lowest BCUT2D eigenvalue weighted by molar-refractivity contribution is 0.0910. The Kier molecular flexibility index (Phi) is 2.60. The Bertz CT molecular complexity index is 871. The summed E-state index contributed by atoms with van der Waals surface area (Å²) in [6.45, 7) is 0. The molecule has 1 saturated carbocycles. The zero-order chi connectivity index (χ0) is 15.7. The zero-order valence-corrected chi connectivity index (χ0v) is 14.2. The first-order chi connectivity index (χ1) is 11.9. The Morgan fingerprint density at radius 3 is 2.67 bits per heavy atom.